The molecule has 0 aliphatic rings. The molecule has 0 spiro atoms. The summed E-state index contributed by atoms with van der Waals surface area (Å²) >= 11 is 5.34. The molecule has 1 amide bonds. The number of nitrogens with zero attached hydrogens (tertiary/aromatic N) is 2. The standard InChI is InChI=1S/C23H28N4O5S/c1-15(17-7-10-19(20(13-17)31-4)32-12-11-29-2)24-21(28)14-27-22(25-26-23(27)33)16-5-8-18(30-3)9-6-16/h5-10,13,15H,11-12,14H2,1-4H3,(H,24,28)(H,26,33). The molecule has 176 valence electrons. The van der Waals surface area contributed by atoms with E-state index < -0.39 is 0 Å². The van der Waals surface area contributed by atoms with Gasteiger partial charge in [0.15, 0.2) is 22.1 Å². The summed E-state index contributed by atoms with van der Waals surface area (Å²) in [6, 6.07) is 12.7. The fourth-order valence-corrected chi connectivity index (χ4v) is 3.44. The van der Waals surface area contributed by atoms with Crippen LogP contribution in [-0.2, 0) is 16.1 Å². The first-order valence-corrected chi connectivity index (χ1v) is 10.8. The van der Waals surface area contributed by atoms with E-state index in [1.165, 1.54) is 0 Å². The van der Waals surface area contributed by atoms with Crippen LogP contribution in [0.3, 0.4) is 0 Å². The molecule has 10 heteroatoms. The Morgan fingerprint density at radius 3 is 2.52 bits per heavy atom. The second kappa shape index (κ2) is 11.5. The molecule has 3 rings (SSSR count). The summed E-state index contributed by atoms with van der Waals surface area (Å²) in [4.78, 5) is 12.8. The number of amides is 1. The number of carbonyl (C=O) groups is 1. The van der Waals surface area contributed by atoms with E-state index in [1.54, 1.807) is 25.9 Å². The van der Waals surface area contributed by atoms with Gasteiger partial charge in [-0.25, -0.2) is 0 Å². The van der Waals surface area contributed by atoms with Gasteiger partial charge in [-0.2, -0.15) is 5.10 Å². The highest BCUT2D eigenvalue weighted by Crippen LogP contribution is 2.30. The molecule has 33 heavy (non-hydrogen) atoms. The normalized spacial score (nSPS) is 11.6. The third-order valence-corrected chi connectivity index (χ3v) is 5.33. The largest absolute Gasteiger partial charge is 0.497 e. The minimum atomic E-state index is -0.259. The molecule has 2 aromatic carbocycles. The molecule has 0 bridgehead atoms. The van der Waals surface area contributed by atoms with Crippen LogP contribution in [0.1, 0.15) is 18.5 Å². The van der Waals surface area contributed by atoms with Gasteiger partial charge >= 0.3 is 0 Å². The molecular weight excluding hydrogens is 444 g/mol. The number of nitrogens with one attached hydrogen (secondary N) is 2. The molecule has 0 aliphatic heterocycles. The molecule has 0 saturated heterocycles. The van der Waals surface area contributed by atoms with Gasteiger partial charge in [0.05, 0.1) is 26.9 Å². The second-order valence-corrected chi connectivity index (χ2v) is 7.59. The first-order chi connectivity index (χ1) is 16.0. The van der Waals surface area contributed by atoms with Gasteiger partial charge in [-0.15, -0.1) is 0 Å². The van der Waals surface area contributed by atoms with Crippen molar-refractivity contribution >= 4 is 18.1 Å². The highest BCUT2D eigenvalue weighted by molar-refractivity contribution is 7.71. The van der Waals surface area contributed by atoms with Gasteiger partial charge in [-0.05, 0) is 61.1 Å². The third-order valence-electron chi connectivity index (χ3n) is 5.02. The van der Waals surface area contributed by atoms with Gasteiger partial charge in [0.1, 0.15) is 18.9 Å². The summed E-state index contributed by atoms with van der Waals surface area (Å²) in [6.07, 6.45) is 0. The number of rotatable bonds is 11. The van der Waals surface area contributed by atoms with Crippen molar-refractivity contribution in [2.24, 2.45) is 0 Å². The fourth-order valence-electron chi connectivity index (χ4n) is 3.25. The first kappa shape index (κ1) is 24.3. The Labute approximate surface area is 197 Å². The lowest BCUT2D eigenvalue weighted by atomic mass is 10.1. The topological polar surface area (TPSA) is 99.6 Å². The predicted octanol–water partition coefficient (Wildman–Crippen LogP) is 3.53. The van der Waals surface area contributed by atoms with Crippen LogP contribution in [0, 0.1) is 4.77 Å². The Morgan fingerprint density at radius 1 is 1.09 bits per heavy atom. The van der Waals surface area contributed by atoms with Crippen LogP contribution in [0.15, 0.2) is 42.5 Å². The maximum atomic E-state index is 12.8. The van der Waals surface area contributed by atoms with E-state index in [2.05, 4.69) is 15.5 Å². The van der Waals surface area contributed by atoms with Gasteiger partial charge in [-0.3, -0.25) is 14.5 Å². The summed E-state index contributed by atoms with van der Waals surface area (Å²) < 4.78 is 23.3. The van der Waals surface area contributed by atoms with Crippen LogP contribution in [0.25, 0.3) is 11.4 Å². The third kappa shape index (κ3) is 6.11. The SMILES string of the molecule is COCCOc1ccc(C(C)NC(=O)Cn2c(-c3ccc(OC)cc3)n[nH]c2=S)cc1OC. The molecule has 0 aliphatic carbocycles. The van der Waals surface area contributed by atoms with Crippen molar-refractivity contribution in [1.82, 2.24) is 20.1 Å². The van der Waals surface area contributed by atoms with E-state index in [0.717, 1.165) is 16.9 Å². The molecule has 3 aromatic rings. The van der Waals surface area contributed by atoms with Crippen LogP contribution >= 0.6 is 12.2 Å². The predicted molar refractivity (Wildman–Crippen MR) is 126 cm³/mol. The van der Waals surface area contributed by atoms with E-state index in [-0.39, 0.29) is 18.5 Å². The maximum absolute atomic E-state index is 12.8. The second-order valence-electron chi connectivity index (χ2n) is 7.21. The zero-order chi connectivity index (χ0) is 23.8. The van der Waals surface area contributed by atoms with Crippen LogP contribution in [0.4, 0.5) is 0 Å². The lowest BCUT2D eigenvalue weighted by molar-refractivity contribution is -0.122. The smallest absolute Gasteiger partial charge is 0.240 e. The minimum Gasteiger partial charge on any atom is -0.497 e. The van der Waals surface area contributed by atoms with Crippen molar-refractivity contribution in [3.05, 3.63) is 52.8 Å². The van der Waals surface area contributed by atoms with Crippen molar-refractivity contribution < 1.29 is 23.7 Å². The monoisotopic (exact) mass is 472 g/mol. The molecule has 0 radical (unpaired) electrons. The summed E-state index contributed by atoms with van der Waals surface area (Å²) in [6.45, 7) is 2.82. The number of hydrogen-bond donors (Lipinski definition) is 2. The Balaban J connectivity index is 1.70. The van der Waals surface area contributed by atoms with E-state index in [0.29, 0.717) is 35.3 Å². The average molecular weight is 473 g/mol. The fraction of sp³-hybridized carbons (Fsp3) is 0.348. The molecule has 2 N–H and O–H groups in total. The summed E-state index contributed by atoms with van der Waals surface area (Å²) in [5.74, 6) is 2.31. The lowest BCUT2D eigenvalue weighted by Gasteiger charge is -2.17. The Bertz CT molecular complexity index is 1130. The van der Waals surface area contributed by atoms with Gasteiger partial charge in [0.25, 0.3) is 0 Å². The average Bonchev–Trinajstić information content (AvgIpc) is 3.19. The van der Waals surface area contributed by atoms with Crippen LogP contribution < -0.4 is 19.5 Å². The zero-order valence-corrected chi connectivity index (χ0v) is 19.9. The maximum Gasteiger partial charge on any atom is 0.240 e. The van der Waals surface area contributed by atoms with Crippen molar-refractivity contribution in [3.8, 4) is 28.6 Å². The summed E-state index contributed by atoms with van der Waals surface area (Å²) in [7, 11) is 4.80. The molecule has 9 nitrogen and oxygen atoms in total. The number of methoxy groups -OCH3 is 3. The van der Waals surface area contributed by atoms with Gasteiger partial charge in [-0.1, -0.05) is 6.07 Å². The number of carbonyl (C=O) groups excluding carboxylic acids is 1. The van der Waals surface area contributed by atoms with Crippen molar-refractivity contribution in [3.63, 3.8) is 0 Å². The number of hydrogen-bond acceptors (Lipinski definition) is 7. The first-order valence-electron chi connectivity index (χ1n) is 10.4. The van der Waals surface area contributed by atoms with E-state index in [1.807, 2.05) is 49.4 Å². The van der Waals surface area contributed by atoms with Crippen LogP contribution in [0.5, 0.6) is 17.2 Å². The number of aromatic amines is 1. The minimum absolute atomic E-state index is 0.0242. The molecule has 0 fully saturated rings. The highest BCUT2D eigenvalue weighted by atomic mass is 32.1. The molecule has 1 heterocycles. The number of benzene rings is 2. The van der Waals surface area contributed by atoms with Crippen LogP contribution in [-0.4, -0.2) is 55.2 Å². The zero-order valence-electron chi connectivity index (χ0n) is 19.1. The molecule has 1 unspecified atom stereocenters. The van der Waals surface area contributed by atoms with Gasteiger partial charge in [0, 0.05) is 12.7 Å². The molecule has 1 aromatic heterocycles. The quantitative estimate of drug-likeness (QED) is 0.325. The number of aromatic nitrogens is 3. The summed E-state index contributed by atoms with van der Waals surface area (Å²) in [5.41, 5.74) is 1.70. The van der Waals surface area contributed by atoms with Crippen LogP contribution in [0.2, 0.25) is 0 Å². The van der Waals surface area contributed by atoms with Gasteiger partial charge in [0.2, 0.25) is 5.91 Å². The Kier molecular flexibility index (Phi) is 8.45. The number of ether oxygens (including phenoxy) is 4. The molecule has 0 saturated carbocycles. The highest BCUT2D eigenvalue weighted by Gasteiger charge is 2.16. The van der Waals surface area contributed by atoms with Crippen molar-refractivity contribution in [2.75, 3.05) is 34.5 Å². The van der Waals surface area contributed by atoms with E-state index in [4.69, 9.17) is 31.2 Å². The van der Waals surface area contributed by atoms with Gasteiger partial charge < -0.3 is 24.3 Å². The Hall–Kier alpha value is -3.37. The molecular formula is C23H28N4O5S. The van der Waals surface area contributed by atoms with Crippen molar-refractivity contribution in [2.45, 2.75) is 19.5 Å². The van der Waals surface area contributed by atoms with Crippen molar-refractivity contribution in [1.29, 1.82) is 0 Å². The molecule has 1 atom stereocenters. The Morgan fingerprint density at radius 2 is 1.85 bits per heavy atom. The number of H-pyrrole nitrogens is 1. The summed E-state index contributed by atoms with van der Waals surface area (Å²) in [5, 5.41) is 10.0. The lowest BCUT2D eigenvalue weighted by Crippen LogP contribution is -2.30. The van der Waals surface area contributed by atoms with E-state index >= 15 is 0 Å². The van der Waals surface area contributed by atoms with E-state index in [9.17, 15) is 4.79 Å².